The first-order chi connectivity index (χ1) is 13.1. The highest BCUT2D eigenvalue weighted by Gasteiger charge is 2.41. The van der Waals surface area contributed by atoms with Crippen LogP contribution in [0.3, 0.4) is 0 Å². The molecule has 1 heterocycles. The van der Waals surface area contributed by atoms with Gasteiger partial charge in [-0.15, -0.1) is 0 Å². The van der Waals surface area contributed by atoms with Gasteiger partial charge in [0.05, 0.1) is 17.8 Å². The van der Waals surface area contributed by atoms with Crippen molar-refractivity contribution in [2.75, 3.05) is 0 Å². The first-order valence-corrected chi connectivity index (χ1v) is 11.6. The normalized spacial score (nSPS) is 18.9. The molecule has 0 saturated heterocycles. The van der Waals surface area contributed by atoms with Crippen LogP contribution < -0.4 is 19.5 Å². The topological polar surface area (TPSA) is 27.7 Å². The van der Waals surface area contributed by atoms with Gasteiger partial charge in [-0.3, -0.25) is 0 Å². The first-order valence-electron chi connectivity index (χ1n) is 10.1. The summed E-state index contributed by atoms with van der Waals surface area (Å²) in [5, 5.41) is 1.47. The van der Waals surface area contributed by atoms with Gasteiger partial charge in [0.25, 0.3) is 0 Å². The third kappa shape index (κ3) is 4.15. The number of ether oxygens (including phenoxy) is 3. The molecule has 0 saturated carbocycles. The average Bonchev–Trinajstić information content (AvgIpc) is 2.90. The van der Waals surface area contributed by atoms with E-state index in [1.165, 1.54) is 10.9 Å². The minimum Gasteiger partial charge on any atom is -0.490 e. The molecule has 0 aromatic heterocycles. The van der Waals surface area contributed by atoms with Crippen molar-refractivity contribution in [1.82, 2.24) is 0 Å². The zero-order valence-electron chi connectivity index (χ0n) is 18.4. The molecule has 1 unspecified atom stereocenters. The van der Waals surface area contributed by atoms with Crippen molar-refractivity contribution in [1.29, 1.82) is 0 Å². The number of rotatable bonds is 5. The maximum absolute atomic E-state index is 6.30. The Morgan fingerprint density at radius 2 is 1.43 bits per heavy atom. The standard InChI is InChI=1S/C24H33O3P/c1-15(2)25-19-12-10-13-20(26-16(3)4)22(19)18-11-9-14-21-23(18)28(17(5)27-21)24(6,7)8/h9-17H,1-8H3/t17?,28-/m0/s1. The molecule has 152 valence electrons. The van der Waals surface area contributed by atoms with E-state index in [9.17, 15) is 0 Å². The van der Waals surface area contributed by atoms with E-state index in [4.69, 9.17) is 14.2 Å². The van der Waals surface area contributed by atoms with Crippen molar-refractivity contribution in [3.8, 4) is 28.4 Å². The molecule has 28 heavy (non-hydrogen) atoms. The molecule has 0 bridgehead atoms. The Hall–Kier alpha value is -1.73. The van der Waals surface area contributed by atoms with Crippen molar-refractivity contribution < 1.29 is 14.2 Å². The molecule has 0 fully saturated rings. The van der Waals surface area contributed by atoms with E-state index in [0.29, 0.717) is 0 Å². The summed E-state index contributed by atoms with van der Waals surface area (Å²) < 4.78 is 18.7. The second-order valence-electron chi connectivity index (χ2n) is 8.87. The molecule has 0 N–H and O–H groups in total. The van der Waals surface area contributed by atoms with Crippen LogP contribution in [-0.4, -0.2) is 23.2 Å². The van der Waals surface area contributed by atoms with Crippen LogP contribution in [0.1, 0.15) is 55.4 Å². The molecule has 0 radical (unpaired) electrons. The predicted molar refractivity (Wildman–Crippen MR) is 120 cm³/mol. The van der Waals surface area contributed by atoms with Crippen LogP contribution in [0, 0.1) is 0 Å². The highest BCUT2D eigenvalue weighted by atomic mass is 31.1. The Balaban J connectivity index is 2.27. The zero-order valence-corrected chi connectivity index (χ0v) is 19.3. The zero-order chi connectivity index (χ0) is 20.6. The van der Waals surface area contributed by atoms with Crippen molar-refractivity contribution in [2.24, 2.45) is 0 Å². The van der Waals surface area contributed by atoms with Crippen molar-refractivity contribution in [2.45, 2.75) is 78.6 Å². The predicted octanol–water partition coefficient (Wildman–Crippen LogP) is 6.57. The molecule has 2 atom stereocenters. The molecule has 1 aliphatic rings. The lowest BCUT2D eigenvalue weighted by atomic mass is 10.0. The van der Waals surface area contributed by atoms with Crippen molar-refractivity contribution in [3.63, 3.8) is 0 Å². The third-order valence-electron chi connectivity index (χ3n) is 4.61. The Morgan fingerprint density at radius 3 is 1.93 bits per heavy atom. The van der Waals surface area contributed by atoms with Crippen LogP contribution in [0.25, 0.3) is 11.1 Å². The van der Waals surface area contributed by atoms with Gasteiger partial charge in [-0.2, -0.15) is 0 Å². The van der Waals surface area contributed by atoms with Crippen LogP contribution in [0.4, 0.5) is 0 Å². The second-order valence-corrected chi connectivity index (χ2v) is 12.1. The van der Waals surface area contributed by atoms with Gasteiger partial charge in [-0.25, -0.2) is 0 Å². The van der Waals surface area contributed by atoms with Crippen LogP contribution in [-0.2, 0) is 0 Å². The maximum Gasteiger partial charge on any atom is 0.131 e. The third-order valence-corrected chi connectivity index (χ3v) is 7.83. The Morgan fingerprint density at radius 1 is 0.893 bits per heavy atom. The van der Waals surface area contributed by atoms with Gasteiger partial charge in [0.15, 0.2) is 0 Å². The van der Waals surface area contributed by atoms with Gasteiger partial charge >= 0.3 is 0 Å². The van der Waals surface area contributed by atoms with Crippen LogP contribution >= 0.6 is 7.92 Å². The summed E-state index contributed by atoms with van der Waals surface area (Å²) in [6.07, 6.45) is 0.174. The number of benzene rings is 2. The monoisotopic (exact) mass is 400 g/mol. The molecular formula is C24H33O3P. The highest BCUT2D eigenvalue weighted by Crippen LogP contribution is 2.60. The smallest absolute Gasteiger partial charge is 0.131 e. The first kappa shape index (κ1) is 21.0. The Kier molecular flexibility index (Phi) is 5.96. The van der Waals surface area contributed by atoms with Gasteiger partial charge < -0.3 is 14.2 Å². The molecular weight excluding hydrogens is 367 g/mol. The fraction of sp³-hybridized carbons (Fsp3) is 0.500. The molecule has 2 aromatic carbocycles. The van der Waals surface area contributed by atoms with Crippen molar-refractivity contribution in [3.05, 3.63) is 36.4 Å². The fourth-order valence-corrected chi connectivity index (χ4v) is 7.00. The van der Waals surface area contributed by atoms with Crippen molar-refractivity contribution >= 4 is 13.2 Å². The minimum absolute atomic E-state index is 0.0871. The quantitative estimate of drug-likeness (QED) is 0.531. The number of hydrogen-bond donors (Lipinski definition) is 0. The molecule has 3 rings (SSSR count). The van der Waals surface area contributed by atoms with E-state index < -0.39 is 7.92 Å². The average molecular weight is 400 g/mol. The molecule has 0 spiro atoms. The minimum atomic E-state index is -0.506. The summed E-state index contributed by atoms with van der Waals surface area (Å²) >= 11 is 0. The van der Waals surface area contributed by atoms with E-state index in [1.54, 1.807) is 0 Å². The van der Waals surface area contributed by atoms with E-state index >= 15 is 0 Å². The van der Waals surface area contributed by atoms with Crippen LogP contribution in [0.2, 0.25) is 0 Å². The Labute approximate surface area is 171 Å². The van der Waals surface area contributed by atoms with Crippen LogP contribution in [0.15, 0.2) is 36.4 Å². The maximum atomic E-state index is 6.30. The Bertz CT molecular complexity index is 808. The van der Waals surface area contributed by atoms with E-state index in [-0.39, 0.29) is 23.2 Å². The largest absolute Gasteiger partial charge is 0.490 e. The fourth-order valence-electron chi connectivity index (χ4n) is 3.85. The van der Waals surface area contributed by atoms with E-state index in [0.717, 1.165) is 22.8 Å². The molecule has 0 amide bonds. The van der Waals surface area contributed by atoms with Gasteiger partial charge in [-0.1, -0.05) is 39.0 Å². The molecule has 1 aliphatic heterocycles. The SMILES string of the molecule is CC(C)Oc1cccc(OC(C)C)c1-c1cccc2c1[P@@](C(C)(C)C)C(C)O2. The molecule has 4 heteroatoms. The van der Waals surface area contributed by atoms with Gasteiger partial charge in [-0.05, 0) is 65.9 Å². The lowest BCUT2D eigenvalue weighted by molar-refractivity contribution is 0.231. The number of hydrogen-bond acceptors (Lipinski definition) is 3. The number of fused-ring (bicyclic) bond motifs is 1. The van der Waals surface area contributed by atoms with Gasteiger partial charge in [0, 0.05) is 10.9 Å². The summed E-state index contributed by atoms with van der Waals surface area (Å²) in [6.45, 7) is 17.4. The molecule has 0 aliphatic carbocycles. The summed E-state index contributed by atoms with van der Waals surface area (Å²) in [6, 6.07) is 12.5. The summed E-state index contributed by atoms with van der Waals surface area (Å²) in [5.41, 5.74) is 2.21. The van der Waals surface area contributed by atoms with E-state index in [2.05, 4.69) is 73.6 Å². The van der Waals surface area contributed by atoms with E-state index in [1.807, 2.05) is 18.2 Å². The second kappa shape index (κ2) is 7.95. The van der Waals surface area contributed by atoms with Gasteiger partial charge in [0.2, 0.25) is 0 Å². The molecule has 2 aromatic rings. The lowest BCUT2D eigenvalue weighted by Gasteiger charge is -2.31. The summed E-state index contributed by atoms with van der Waals surface area (Å²) in [5.74, 6) is 2.93. The highest BCUT2D eigenvalue weighted by molar-refractivity contribution is 7.68. The van der Waals surface area contributed by atoms with Crippen LogP contribution in [0.5, 0.6) is 17.2 Å². The molecule has 3 nitrogen and oxygen atoms in total. The summed E-state index contributed by atoms with van der Waals surface area (Å²) in [7, 11) is -0.506. The summed E-state index contributed by atoms with van der Waals surface area (Å²) in [4.78, 5) is 0. The lowest BCUT2D eigenvalue weighted by Crippen LogP contribution is -2.23. The van der Waals surface area contributed by atoms with Gasteiger partial charge in [0.1, 0.15) is 23.1 Å².